The van der Waals surface area contributed by atoms with Crippen molar-refractivity contribution < 1.29 is 9.53 Å². The van der Waals surface area contributed by atoms with Crippen molar-refractivity contribution in [2.45, 2.75) is 58.2 Å². The molecule has 1 N–H and O–H groups in total. The highest BCUT2D eigenvalue weighted by atomic mass is 79.9. The lowest BCUT2D eigenvalue weighted by Gasteiger charge is -2.26. The number of rotatable bonds is 3. The fraction of sp³-hybridized carbons (Fsp3) is 0.611. The lowest BCUT2D eigenvalue weighted by atomic mass is 10.1. The molecule has 0 spiro atoms. The van der Waals surface area contributed by atoms with Gasteiger partial charge in [-0.15, -0.1) is 0 Å². The van der Waals surface area contributed by atoms with E-state index in [-0.39, 0.29) is 6.09 Å². The quantitative estimate of drug-likeness (QED) is 0.845. The van der Waals surface area contributed by atoms with Crippen molar-refractivity contribution in [3.8, 4) is 0 Å². The van der Waals surface area contributed by atoms with Gasteiger partial charge in [0.2, 0.25) is 0 Å². The summed E-state index contributed by atoms with van der Waals surface area (Å²) in [6.07, 6.45) is 2.88. The summed E-state index contributed by atoms with van der Waals surface area (Å²) in [4.78, 5) is 14.0. The van der Waals surface area contributed by atoms with Gasteiger partial charge in [0.25, 0.3) is 0 Å². The van der Waals surface area contributed by atoms with Crippen molar-refractivity contribution in [1.29, 1.82) is 0 Å². The molecule has 128 valence electrons. The summed E-state index contributed by atoms with van der Waals surface area (Å²) in [6.45, 7) is 8.13. The lowest BCUT2D eigenvalue weighted by molar-refractivity contribution is 0.0256. The van der Waals surface area contributed by atoms with Crippen LogP contribution < -0.4 is 5.32 Å². The molecule has 23 heavy (non-hydrogen) atoms. The van der Waals surface area contributed by atoms with E-state index >= 15 is 0 Å². The first-order chi connectivity index (χ1) is 10.8. The number of benzene rings is 1. The molecule has 2 rings (SSSR count). The van der Waals surface area contributed by atoms with E-state index in [4.69, 9.17) is 4.74 Å². The molecule has 1 aromatic rings. The van der Waals surface area contributed by atoms with Crippen molar-refractivity contribution in [2.24, 2.45) is 0 Å². The van der Waals surface area contributed by atoms with Gasteiger partial charge in [-0.05, 0) is 57.7 Å². The van der Waals surface area contributed by atoms with E-state index in [1.807, 2.05) is 25.7 Å². The molecule has 0 aromatic heterocycles. The first kappa shape index (κ1) is 18.3. The number of nitrogens with zero attached hydrogens (tertiary/aromatic N) is 1. The number of amides is 1. The molecule has 1 fully saturated rings. The maximum Gasteiger partial charge on any atom is 0.410 e. The molecule has 1 atom stereocenters. The van der Waals surface area contributed by atoms with Crippen LogP contribution in [0.5, 0.6) is 0 Å². The molecule has 5 heteroatoms. The van der Waals surface area contributed by atoms with E-state index in [1.165, 1.54) is 5.56 Å². The number of hydrogen-bond acceptors (Lipinski definition) is 3. The highest BCUT2D eigenvalue weighted by molar-refractivity contribution is 9.10. The van der Waals surface area contributed by atoms with Crippen molar-refractivity contribution in [2.75, 3.05) is 13.1 Å². The van der Waals surface area contributed by atoms with E-state index in [9.17, 15) is 4.79 Å². The number of likely N-dealkylation sites (tertiary alicyclic amines) is 1. The Morgan fingerprint density at radius 1 is 1.26 bits per heavy atom. The minimum atomic E-state index is -0.428. The van der Waals surface area contributed by atoms with Crippen LogP contribution in [0.4, 0.5) is 4.79 Å². The van der Waals surface area contributed by atoms with Crippen molar-refractivity contribution in [1.82, 2.24) is 10.2 Å². The first-order valence-corrected chi connectivity index (χ1v) is 9.08. The molecular weight excluding hydrogens is 356 g/mol. The predicted molar refractivity (Wildman–Crippen MR) is 96.4 cm³/mol. The van der Waals surface area contributed by atoms with E-state index < -0.39 is 5.60 Å². The second-order valence-corrected chi connectivity index (χ2v) is 8.02. The fourth-order valence-corrected chi connectivity index (χ4v) is 2.94. The fourth-order valence-electron chi connectivity index (χ4n) is 2.67. The Morgan fingerprint density at radius 3 is 2.61 bits per heavy atom. The molecule has 1 aromatic carbocycles. The Balaban J connectivity index is 1.79. The van der Waals surface area contributed by atoms with Crippen LogP contribution in [0, 0.1) is 0 Å². The van der Waals surface area contributed by atoms with Gasteiger partial charge in [-0.25, -0.2) is 4.79 Å². The zero-order valence-corrected chi connectivity index (χ0v) is 15.9. The summed E-state index contributed by atoms with van der Waals surface area (Å²) in [5.41, 5.74) is 0.851. The summed E-state index contributed by atoms with van der Waals surface area (Å²) >= 11 is 3.45. The Bertz CT molecular complexity index is 511. The number of ether oxygens (including phenoxy) is 1. The van der Waals surface area contributed by atoms with Gasteiger partial charge in [0, 0.05) is 30.1 Å². The van der Waals surface area contributed by atoms with Crippen molar-refractivity contribution in [3.63, 3.8) is 0 Å². The van der Waals surface area contributed by atoms with Crippen molar-refractivity contribution in [3.05, 3.63) is 34.3 Å². The number of halogens is 1. The van der Waals surface area contributed by atoms with Crippen LogP contribution in [0.1, 0.15) is 45.6 Å². The first-order valence-electron chi connectivity index (χ1n) is 8.29. The Kier molecular flexibility index (Phi) is 6.48. The van der Waals surface area contributed by atoms with E-state index in [2.05, 4.69) is 45.5 Å². The third-order valence-electron chi connectivity index (χ3n) is 3.89. The topological polar surface area (TPSA) is 41.6 Å². The summed E-state index contributed by atoms with van der Waals surface area (Å²) in [5.74, 6) is 0. The number of carbonyl (C=O) groups excluding carboxylic acids is 1. The molecule has 0 saturated carbocycles. The van der Waals surface area contributed by atoms with Gasteiger partial charge >= 0.3 is 6.09 Å². The second kappa shape index (κ2) is 8.15. The molecule has 1 unspecified atom stereocenters. The van der Waals surface area contributed by atoms with Gasteiger partial charge in [-0.3, -0.25) is 0 Å². The van der Waals surface area contributed by atoms with Gasteiger partial charge in [0.1, 0.15) is 5.60 Å². The van der Waals surface area contributed by atoms with Crippen LogP contribution in [0.2, 0.25) is 0 Å². The van der Waals surface area contributed by atoms with Crippen LogP contribution in [0.3, 0.4) is 0 Å². The smallest absolute Gasteiger partial charge is 0.410 e. The molecule has 4 nitrogen and oxygen atoms in total. The summed E-state index contributed by atoms with van der Waals surface area (Å²) in [6, 6.07) is 8.83. The molecule has 0 aliphatic carbocycles. The average Bonchev–Trinajstić information content (AvgIpc) is 2.70. The Labute approximate surface area is 147 Å². The zero-order chi connectivity index (χ0) is 16.9. The monoisotopic (exact) mass is 382 g/mol. The number of carbonyl (C=O) groups is 1. The standard InChI is InChI=1S/C18H27BrN2O2/c1-18(2,3)23-17(22)21-11-4-5-16(10-12-21)20-13-14-6-8-15(19)9-7-14/h6-9,16,20H,4-5,10-13H2,1-3H3. The van der Waals surface area contributed by atoms with Gasteiger partial charge in [-0.2, -0.15) is 0 Å². The zero-order valence-electron chi connectivity index (χ0n) is 14.3. The third kappa shape index (κ3) is 6.51. The number of nitrogens with one attached hydrogen (secondary N) is 1. The highest BCUT2D eigenvalue weighted by Crippen LogP contribution is 2.16. The normalized spacial score (nSPS) is 19.3. The van der Waals surface area contributed by atoms with Crippen LogP contribution >= 0.6 is 15.9 Å². The SMILES string of the molecule is CC(C)(C)OC(=O)N1CCCC(NCc2ccc(Br)cc2)CC1. The third-order valence-corrected chi connectivity index (χ3v) is 4.42. The predicted octanol–water partition coefficient (Wildman–Crippen LogP) is 4.33. The average molecular weight is 383 g/mol. The van der Waals surface area contributed by atoms with Gasteiger partial charge in [0.15, 0.2) is 0 Å². The summed E-state index contributed by atoms with van der Waals surface area (Å²) in [5, 5.41) is 3.61. The molecule has 1 heterocycles. The highest BCUT2D eigenvalue weighted by Gasteiger charge is 2.24. The molecule has 1 aliphatic rings. The largest absolute Gasteiger partial charge is 0.444 e. The molecule has 0 bridgehead atoms. The maximum atomic E-state index is 12.2. The molecule has 1 amide bonds. The lowest BCUT2D eigenvalue weighted by Crippen LogP contribution is -2.38. The minimum absolute atomic E-state index is 0.189. The molecule has 1 aliphatic heterocycles. The van der Waals surface area contributed by atoms with Crippen LogP contribution in [0.25, 0.3) is 0 Å². The van der Waals surface area contributed by atoms with Gasteiger partial charge in [0.05, 0.1) is 0 Å². The van der Waals surface area contributed by atoms with Crippen LogP contribution in [-0.2, 0) is 11.3 Å². The second-order valence-electron chi connectivity index (χ2n) is 7.10. The van der Waals surface area contributed by atoms with Gasteiger partial charge in [-0.1, -0.05) is 28.1 Å². The van der Waals surface area contributed by atoms with Gasteiger partial charge < -0.3 is 15.0 Å². The summed E-state index contributed by atoms with van der Waals surface area (Å²) in [7, 11) is 0. The summed E-state index contributed by atoms with van der Waals surface area (Å²) < 4.78 is 6.57. The minimum Gasteiger partial charge on any atom is -0.444 e. The maximum absolute atomic E-state index is 12.2. The Hall–Kier alpha value is -1.07. The van der Waals surface area contributed by atoms with Crippen molar-refractivity contribution >= 4 is 22.0 Å². The van der Waals surface area contributed by atoms with E-state index in [0.29, 0.717) is 6.04 Å². The number of hydrogen-bond donors (Lipinski definition) is 1. The van der Waals surface area contributed by atoms with Crippen LogP contribution in [0.15, 0.2) is 28.7 Å². The molecule has 1 saturated heterocycles. The Morgan fingerprint density at radius 2 is 1.96 bits per heavy atom. The van der Waals surface area contributed by atoms with E-state index in [0.717, 1.165) is 43.4 Å². The molecule has 0 radical (unpaired) electrons. The molecular formula is C18H27BrN2O2. The van der Waals surface area contributed by atoms with E-state index in [1.54, 1.807) is 0 Å². The van der Waals surface area contributed by atoms with Crippen LogP contribution in [-0.4, -0.2) is 35.7 Å².